The fraction of sp³-hybridized carbons (Fsp3) is 0.158. The van der Waals surface area contributed by atoms with Crippen molar-refractivity contribution in [2.75, 3.05) is 0 Å². The number of carbonyl (C=O) groups excluding carboxylic acids is 1. The van der Waals surface area contributed by atoms with Gasteiger partial charge >= 0.3 is 0 Å². The van der Waals surface area contributed by atoms with Gasteiger partial charge in [0, 0.05) is 21.7 Å². The quantitative estimate of drug-likeness (QED) is 0.728. The molecule has 0 radical (unpaired) electrons. The molecular weight excluding hydrogens is 343 g/mol. The number of benzene rings is 2. The smallest absolute Gasteiger partial charge is 0.278 e. The van der Waals surface area contributed by atoms with Crippen molar-refractivity contribution < 1.29 is 4.79 Å². The molecule has 1 amide bonds. The lowest BCUT2D eigenvalue weighted by atomic mass is 10.2. The van der Waals surface area contributed by atoms with Crippen LogP contribution in [0.4, 0.5) is 0 Å². The summed E-state index contributed by atoms with van der Waals surface area (Å²) in [7, 11) is 0. The summed E-state index contributed by atoms with van der Waals surface area (Å²) in [4.78, 5) is 19.2. The van der Waals surface area contributed by atoms with Crippen molar-refractivity contribution in [2.24, 2.45) is 4.99 Å². The molecule has 24 heavy (non-hydrogen) atoms. The average Bonchev–Trinajstić information content (AvgIpc) is 3.36. The Labute approximate surface area is 150 Å². The molecule has 2 aliphatic rings. The van der Waals surface area contributed by atoms with Gasteiger partial charge in [0.15, 0.2) is 0 Å². The van der Waals surface area contributed by atoms with Crippen LogP contribution in [0.1, 0.15) is 24.0 Å². The van der Waals surface area contributed by atoms with E-state index < -0.39 is 0 Å². The molecule has 0 bridgehead atoms. The molecule has 5 heteroatoms. The number of nitrogens with zero attached hydrogens (tertiary/aromatic N) is 2. The Morgan fingerprint density at radius 3 is 2.50 bits per heavy atom. The molecule has 4 rings (SSSR count). The van der Waals surface area contributed by atoms with Gasteiger partial charge in [0.05, 0.1) is 0 Å². The Morgan fingerprint density at radius 2 is 1.83 bits per heavy atom. The van der Waals surface area contributed by atoms with Crippen molar-refractivity contribution in [2.45, 2.75) is 18.9 Å². The molecule has 1 aliphatic carbocycles. The highest BCUT2D eigenvalue weighted by Gasteiger charge is 2.41. The lowest BCUT2D eigenvalue weighted by molar-refractivity contribution is -0.122. The minimum absolute atomic E-state index is 0.0673. The summed E-state index contributed by atoms with van der Waals surface area (Å²) >= 11 is 12.1. The van der Waals surface area contributed by atoms with Gasteiger partial charge in [0.2, 0.25) is 0 Å². The Bertz CT molecular complexity index is 870. The fourth-order valence-electron chi connectivity index (χ4n) is 2.76. The van der Waals surface area contributed by atoms with E-state index in [9.17, 15) is 4.79 Å². The standard InChI is InChI=1S/C19H14Cl2N2O/c20-14-7-6-13(16(21)11-14)10-17-19(24)23(15-8-9-15)18(22-17)12-4-2-1-3-5-12/h1-7,10-11,15H,8-9H2. The van der Waals surface area contributed by atoms with Crippen LogP contribution in [0.2, 0.25) is 10.0 Å². The van der Waals surface area contributed by atoms with Crippen molar-refractivity contribution in [3.8, 4) is 0 Å². The SMILES string of the molecule is O=C1C(=Cc2ccc(Cl)cc2Cl)N=C(c2ccccc2)N1C1CC1. The van der Waals surface area contributed by atoms with E-state index in [1.54, 1.807) is 24.3 Å². The molecule has 2 aromatic carbocycles. The third kappa shape index (κ3) is 2.85. The summed E-state index contributed by atoms with van der Waals surface area (Å²) in [5, 5.41) is 1.07. The molecule has 0 unspecified atom stereocenters. The van der Waals surface area contributed by atoms with Gasteiger partial charge in [-0.25, -0.2) is 4.99 Å². The van der Waals surface area contributed by atoms with Gasteiger partial charge in [0.25, 0.3) is 5.91 Å². The maximum Gasteiger partial charge on any atom is 0.278 e. The molecule has 120 valence electrons. The molecule has 0 saturated heterocycles. The van der Waals surface area contributed by atoms with Gasteiger partial charge < -0.3 is 0 Å². The van der Waals surface area contributed by atoms with E-state index in [-0.39, 0.29) is 11.9 Å². The zero-order chi connectivity index (χ0) is 16.7. The van der Waals surface area contributed by atoms with Gasteiger partial charge in [-0.1, -0.05) is 59.6 Å². The molecule has 1 heterocycles. The molecule has 3 nitrogen and oxygen atoms in total. The van der Waals surface area contributed by atoms with Crippen LogP contribution in [-0.2, 0) is 4.79 Å². The second kappa shape index (κ2) is 6.08. The van der Waals surface area contributed by atoms with E-state index >= 15 is 0 Å². The first-order valence-corrected chi connectivity index (χ1v) is 8.53. The normalized spacial score (nSPS) is 19.1. The number of hydrogen-bond donors (Lipinski definition) is 0. The maximum atomic E-state index is 12.8. The predicted octanol–water partition coefficient (Wildman–Crippen LogP) is 4.79. The Hall–Kier alpha value is -2.10. The third-order valence-corrected chi connectivity index (χ3v) is 4.65. The number of aliphatic imine (C=N–C) groups is 1. The van der Waals surface area contributed by atoms with Crippen LogP contribution >= 0.6 is 23.2 Å². The fourth-order valence-corrected chi connectivity index (χ4v) is 3.22. The van der Waals surface area contributed by atoms with Crippen LogP contribution < -0.4 is 0 Å². The van der Waals surface area contributed by atoms with Gasteiger partial charge in [-0.3, -0.25) is 9.69 Å². The average molecular weight is 357 g/mol. The van der Waals surface area contributed by atoms with E-state index in [2.05, 4.69) is 4.99 Å². The Morgan fingerprint density at radius 1 is 1.08 bits per heavy atom. The van der Waals surface area contributed by atoms with Crippen molar-refractivity contribution in [1.29, 1.82) is 0 Å². The van der Waals surface area contributed by atoms with Gasteiger partial charge in [-0.05, 0) is 36.6 Å². The van der Waals surface area contributed by atoms with Gasteiger partial charge in [-0.2, -0.15) is 0 Å². The molecule has 1 saturated carbocycles. The topological polar surface area (TPSA) is 32.7 Å². The minimum atomic E-state index is -0.0673. The van der Waals surface area contributed by atoms with Crippen molar-refractivity contribution >= 4 is 41.0 Å². The Kier molecular flexibility index (Phi) is 3.91. The van der Waals surface area contributed by atoms with Crippen LogP contribution in [0.25, 0.3) is 6.08 Å². The van der Waals surface area contributed by atoms with Gasteiger partial charge in [0.1, 0.15) is 11.5 Å². The van der Waals surface area contributed by atoms with Crippen LogP contribution in [0.3, 0.4) is 0 Å². The van der Waals surface area contributed by atoms with Crippen molar-refractivity contribution in [1.82, 2.24) is 4.90 Å². The first-order chi connectivity index (χ1) is 11.6. The maximum absolute atomic E-state index is 12.8. The van der Waals surface area contributed by atoms with E-state index in [4.69, 9.17) is 23.2 Å². The molecule has 1 fully saturated rings. The molecule has 0 spiro atoms. The summed E-state index contributed by atoms with van der Waals surface area (Å²) < 4.78 is 0. The van der Waals surface area contributed by atoms with Crippen LogP contribution in [0.5, 0.6) is 0 Å². The highest BCUT2D eigenvalue weighted by atomic mass is 35.5. The van der Waals surface area contributed by atoms with Gasteiger partial charge in [-0.15, -0.1) is 0 Å². The molecule has 2 aromatic rings. The lowest BCUT2D eigenvalue weighted by Gasteiger charge is -2.17. The summed E-state index contributed by atoms with van der Waals surface area (Å²) in [5.74, 6) is 0.654. The number of carbonyl (C=O) groups is 1. The Balaban J connectivity index is 1.77. The molecule has 0 aromatic heterocycles. The predicted molar refractivity (Wildman–Crippen MR) is 97.3 cm³/mol. The van der Waals surface area contributed by atoms with Crippen LogP contribution in [0, 0.1) is 0 Å². The summed E-state index contributed by atoms with van der Waals surface area (Å²) in [5.41, 5.74) is 2.09. The largest absolute Gasteiger partial charge is 0.288 e. The van der Waals surface area contributed by atoms with Crippen LogP contribution in [-0.4, -0.2) is 22.7 Å². The summed E-state index contributed by atoms with van der Waals surface area (Å²) in [6, 6.07) is 15.3. The first-order valence-electron chi connectivity index (χ1n) is 7.78. The monoisotopic (exact) mass is 356 g/mol. The molecule has 0 atom stereocenters. The van der Waals surface area contributed by atoms with E-state index in [1.165, 1.54) is 0 Å². The van der Waals surface area contributed by atoms with E-state index in [0.717, 1.165) is 29.8 Å². The highest BCUT2D eigenvalue weighted by Crippen LogP contribution is 2.34. The zero-order valence-electron chi connectivity index (χ0n) is 12.7. The summed E-state index contributed by atoms with van der Waals surface area (Å²) in [6.45, 7) is 0. The second-order valence-corrected chi connectivity index (χ2v) is 6.75. The summed E-state index contributed by atoms with van der Waals surface area (Å²) in [6.07, 6.45) is 3.77. The molecule has 1 aliphatic heterocycles. The van der Waals surface area contributed by atoms with Crippen molar-refractivity contribution in [3.63, 3.8) is 0 Å². The number of amidine groups is 1. The van der Waals surface area contributed by atoms with Crippen LogP contribution in [0.15, 0.2) is 59.2 Å². The number of rotatable bonds is 3. The van der Waals surface area contributed by atoms with E-state index in [1.807, 2.05) is 35.2 Å². The minimum Gasteiger partial charge on any atom is -0.288 e. The van der Waals surface area contributed by atoms with E-state index in [0.29, 0.717) is 15.7 Å². The zero-order valence-corrected chi connectivity index (χ0v) is 14.3. The highest BCUT2D eigenvalue weighted by molar-refractivity contribution is 6.35. The second-order valence-electron chi connectivity index (χ2n) is 5.90. The third-order valence-electron chi connectivity index (χ3n) is 4.09. The number of hydrogen-bond acceptors (Lipinski definition) is 2. The van der Waals surface area contributed by atoms with Crippen molar-refractivity contribution in [3.05, 3.63) is 75.4 Å². The number of amides is 1. The lowest BCUT2D eigenvalue weighted by Crippen LogP contribution is -2.34. The first kappa shape index (κ1) is 15.4. The number of halogens is 2. The molecular formula is C19H14Cl2N2O. The molecule has 0 N–H and O–H groups in total.